The van der Waals surface area contributed by atoms with Gasteiger partial charge in [0.2, 0.25) is 11.8 Å². The molecule has 1 aromatic carbocycles. The average Bonchev–Trinajstić information content (AvgIpc) is 2.85. The van der Waals surface area contributed by atoms with Crippen molar-refractivity contribution in [2.45, 2.75) is 33.2 Å². The first kappa shape index (κ1) is 14.0. The summed E-state index contributed by atoms with van der Waals surface area (Å²) in [6.07, 6.45) is 0.900. The van der Waals surface area contributed by atoms with Gasteiger partial charge in [0.25, 0.3) is 0 Å². The average molecular weight is 280 g/mol. The summed E-state index contributed by atoms with van der Waals surface area (Å²) < 4.78 is 5.73. The molecule has 102 valence electrons. The van der Waals surface area contributed by atoms with Crippen LogP contribution in [0, 0.1) is 6.92 Å². The van der Waals surface area contributed by atoms with Gasteiger partial charge in [-0.25, -0.2) is 0 Å². The fraction of sp³-hybridized carbons (Fsp3) is 0.429. The largest absolute Gasteiger partial charge is 0.419 e. The van der Waals surface area contributed by atoms with Crippen LogP contribution in [0.2, 0.25) is 5.02 Å². The molecule has 0 aliphatic carbocycles. The van der Waals surface area contributed by atoms with Gasteiger partial charge >= 0.3 is 0 Å². The van der Waals surface area contributed by atoms with E-state index in [2.05, 4.69) is 29.4 Å². The number of hydrogen-bond donors (Lipinski definition) is 1. The van der Waals surface area contributed by atoms with Gasteiger partial charge in [0.05, 0.1) is 16.6 Å². The van der Waals surface area contributed by atoms with Crippen LogP contribution in [0.3, 0.4) is 0 Å². The molecule has 19 heavy (non-hydrogen) atoms. The van der Waals surface area contributed by atoms with Gasteiger partial charge in [-0.1, -0.05) is 31.5 Å². The van der Waals surface area contributed by atoms with Crippen molar-refractivity contribution in [3.05, 3.63) is 34.7 Å². The Morgan fingerprint density at radius 3 is 2.74 bits per heavy atom. The quantitative estimate of drug-likeness (QED) is 0.905. The van der Waals surface area contributed by atoms with Crippen LogP contribution >= 0.6 is 11.6 Å². The minimum atomic E-state index is 0.0930. The van der Waals surface area contributed by atoms with Gasteiger partial charge in [-0.2, -0.15) is 0 Å². The molecule has 1 unspecified atom stereocenters. The molecule has 5 heteroatoms. The van der Waals surface area contributed by atoms with Crippen LogP contribution in [0.4, 0.5) is 0 Å². The molecule has 1 aromatic heterocycles. The first-order valence-corrected chi connectivity index (χ1v) is 6.86. The Morgan fingerprint density at radius 2 is 2.11 bits per heavy atom. The highest BCUT2D eigenvalue weighted by molar-refractivity contribution is 6.33. The highest BCUT2D eigenvalue weighted by Gasteiger charge is 2.17. The second kappa shape index (κ2) is 6.17. The molecule has 0 aliphatic heterocycles. The fourth-order valence-corrected chi connectivity index (χ4v) is 2.25. The second-order valence-corrected chi connectivity index (χ2v) is 4.85. The number of halogens is 1. The number of aryl methyl sites for hydroxylation is 1. The number of hydrogen-bond acceptors (Lipinski definition) is 4. The van der Waals surface area contributed by atoms with Crippen molar-refractivity contribution in [2.24, 2.45) is 0 Å². The molecule has 0 saturated heterocycles. The number of nitrogens with one attached hydrogen (secondary N) is 1. The van der Waals surface area contributed by atoms with Crippen molar-refractivity contribution in [2.75, 3.05) is 6.54 Å². The summed E-state index contributed by atoms with van der Waals surface area (Å²) in [7, 11) is 0. The van der Waals surface area contributed by atoms with E-state index in [1.54, 1.807) is 0 Å². The molecule has 0 saturated carbocycles. The van der Waals surface area contributed by atoms with E-state index in [0.717, 1.165) is 24.1 Å². The van der Waals surface area contributed by atoms with Gasteiger partial charge in [-0.05, 0) is 37.6 Å². The predicted molar refractivity (Wildman–Crippen MR) is 76.2 cm³/mol. The van der Waals surface area contributed by atoms with Crippen LogP contribution in [0.25, 0.3) is 11.5 Å². The highest BCUT2D eigenvalue weighted by atomic mass is 35.5. The Labute approximate surface area is 118 Å². The van der Waals surface area contributed by atoms with Crippen molar-refractivity contribution < 1.29 is 4.42 Å². The van der Waals surface area contributed by atoms with Crippen LogP contribution < -0.4 is 5.32 Å². The summed E-state index contributed by atoms with van der Waals surface area (Å²) in [5.74, 6) is 1.08. The Kier molecular flexibility index (Phi) is 4.56. The maximum absolute atomic E-state index is 6.20. The van der Waals surface area contributed by atoms with Crippen molar-refractivity contribution in [1.82, 2.24) is 15.5 Å². The molecule has 2 rings (SSSR count). The number of rotatable bonds is 5. The summed E-state index contributed by atoms with van der Waals surface area (Å²) in [4.78, 5) is 0. The van der Waals surface area contributed by atoms with Crippen molar-refractivity contribution >= 4 is 11.6 Å². The van der Waals surface area contributed by atoms with Gasteiger partial charge in [0, 0.05) is 0 Å². The van der Waals surface area contributed by atoms with Gasteiger partial charge in [0.15, 0.2) is 0 Å². The zero-order valence-electron chi connectivity index (χ0n) is 11.4. The van der Waals surface area contributed by atoms with Crippen LogP contribution in [-0.4, -0.2) is 16.7 Å². The Hall–Kier alpha value is -1.39. The lowest BCUT2D eigenvalue weighted by Crippen LogP contribution is -2.20. The van der Waals surface area contributed by atoms with Gasteiger partial charge in [-0.3, -0.25) is 0 Å². The second-order valence-electron chi connectivity index (χ2n) is 4.45. The Morgan fingerprint density at radius 1 is 1.32 bits per heavy atom. The number of benzene rings is 1. The predicted octanol–water partition coefficient (Wildman–Crippen LogP) is 3.76. The molecule has 1 atom stereocenters. The summed E-state index contributed by atoms with van der Waals surface area (Å²) in [5.41, 5.74) is 1.88. The zero-order valence-corrected chi connectivity index (χ0v) is 12.2. The lowest BCUT2D eigenvalue weighted by molar-refractivity contribution is 0.402. The molecule has 4 nitrogen and oxygen atoms in total. The minimum Gasteiger partial charge on any atom is -0.419 e. The fourth-order valence-electron chi connectivity index (χ4n) is 1.93. The zero-order chi connectivity index (χ0) is 13.8. The molecule has 0 radical (unpaired) electrons. The molecule has 0 bridgehead atoms. The third-order valence-electron chi connectivity index (χ3n) is 2.95. The third-order valence-corrected chi connectivity index (χ3v) is 3.27. The summed E-state index contributed by atoms with van der Waals surface area (Å²) >= 11 is 6.20. The van der Waals surface area contributed by atoms with E-state index in [0.29, 0.717) is 16.8 Å². The number of aromatic nitrogens is 2. The molecule has 0 spiro atoms. The third kappa shape index (κ3) is 3.14. The maximum atomic E-state index is 6.20. The highest BCUT2D eigenvalue weighted by Crippen LogP contribution is 2.29. The van der Waals surface area contributed by atoms with E-state index >= 15 is 0 Å². The summed E-state index contributed by atoms with van der Waals surface area (Å²) in [6.45, 7) is 6.99. The Balaban J connectivity index is 2.29. The van der Waals surface area contributed by atoms with E-state index in [4.69, 9.17) is 16.0 Å². The molecule has 0 aliphatic rings. The first-order valence-electron chi connectivity index (χ1n) is 6.49. The normalized spacial score (nSPS) is 12.6. The lowest BCUT2D eigenvalue weighted by Gasteiger charge is -2.10. The van der Waals surface area contributed by atoms with Gasteiger partial charge in [-0.15, -0.1) is 10.2 Å². The van der Waals surface area contributed by atoms with Crippen molar-refractivity contribution in [3.63, 3.8) is 0 Å². The number of nitrogens with zero attached hydrogens (tertiary/aromatic N) is 2. The van der Waals surface area contributed by atoms with Gasteiger partial charge in [0.1, 0.15) is 0 Å². The van der Waals surface area contributed by atoms with E-state index in [1.807, 2.05) is 25.1 Å². The monoisotopic (exact) mass is 279 g/mol. The van der Waals surface area contributed by atoms with Crippen LogP contribution in [0.5, 0.6) is 0 Å². The van der Waals surface area contributed by atoms with Crippen molar-refractivity contribution in [3.8, 4) is 11.5 Å². The lowest BCUT2D eigenvalue weighted by atomic mass is 10.1. The van der Waals surface area contributed by atoms with E-state index in [1.165, 1.54) is 0 Å². The molecular weight excluding hydrogens is 262 g/mol. The molecule has 1 N–H and O–H groups in total. The molecule has 2 aromatic rings. The SMILES string of the molecule is CCNC(CC)c1nnc(-c2ccc(C)cc2Cl)o1. The van der Waals surface area contributed by atoms with E-state index in [-0.39, 0.29) is 6.04 Å². The van der Waals surface area contributed by atoms with Crippen LogP contribution in [0.1, 0.15) is 37.8 Å². The van der Waals surface area contributed by atoms with Crippen molar-refractivity contribution in [1.29, 1.82) is 0 Å². The maximum Gasteiger partial charge on any atom is 0.249 e. The van der Waals surface area contributed by atoms with Crippen LogP contribution in [0.15, 0.2) is 22.6 Å². The summed E-state index contributed by atoms with van der Waals surface area (Å²) in [5, 5.41) is 12.1. The molecule has 0 fully saturated rings. The van der Waals surface area contributed by atoms with Crippen LogP contribution in [-0.2, 0) is 0 Å². The standard InChI is InChI=1S/C14H18ClN3O/c1-4-12(16-5-2)14-18-17-13(19-14)10-7-6-9(3)8-11(10)15/h6-8,12,16H,4-5H2,1-3H3. The smallest absolute Gasteiger partial charge is 0.249 e. The van der Waals surface area contributed by atoms with E-state index in [9.17, 15) is 0 Å². The first-order chi connectivity index (χ1) is 9.15. The topological polar surface area (TPSA) is 51.0 Å². The molecule has 0 amide bonds. The van der Waals surface area contributed by atoms with Gasteiger partial charge < -0.3 is 9.73 Å². The Bertz CT molecular complexity index is 553. The molecular formula is C14H18ClN3O. The summed E-state index contributed by atoms with van der Waals surface area (Å²) in [6, 6.07) is 5.87. The molecule has 1 heterocycles. The van der Waals surface area contributed by atoms with E-state index < -0.39 is 0 Å². The minimum absolute atomic E-state index is 0.0930.